The highest BCUT2D eigenvalue weighted by molar-refractivity contribution is 5.83. The molecule has 0 unspecified atom stereocenters. The van der Waals surface area contributed by atoms with Gasteiger partial charge in [0.05, 0.1) is 10.5 Å². The minimum Gasteiger partial charge on any atom is -0.426 e. The maximum Gasteiger partial charge on any atom is 0.308 e. The van der Waals surface area contributed by atoms with E-state index in [0.717, 1.165) is 12.1 Å². The van der Waals surface area contributed by atoms with Crippen molar-refractivity contribution in [1.29, 1.82) is 0 Å². The van der Waals surface area contributed by atoms with E-state index in [2.05, 4.69) is 4.74 Å². The number of nitro benzene ring substituents is 1. The zero-order chi connectivity index (χ0) is 11.4. The van der Waals surface area contributed by atoms with E-state index in [0.29, 0.717) is 6.29 Å². The van der Waals surface area contributed by atoms with Crippen molar-refractivity contribution >= 4 is 17.9 Å². The zero-order valence-corrected chi connectivity index (χ0v) is 7.80. The number of non-ortho nitro benzene ring substituents is 1. The quantitative estimate of drug-likeness (QED) is 0.246. The molecule has 0 saturated heterocycles. The zero-order valence-electron chi connectivity index (χ0n) is 7.80. The summed E-state index contributed by atoms with van der Waals surface area (Å²) in [7, 11) is 0. The van der Waals surface area contributed by atoms with Gasteiger partial charge in [0, 0.05) is 19.1 Å². The maximum atomic E-state index is 10.6. The van der Waals surface area contributed by atoms with Crippen LogP contribution in [0.1, 0.15) is 17.3 Å². The molecule has 0 aliphatic carbocycles. The second-order valence-corrected chi connectivity index (χ2v) is 2.69. The third kappa shape index (κ3) is 2.60. The van der Waals surface area contributed by atoms with Gasteiger partial charge in [0.1, 0.15) is 5.75 Å². The van der Waals surface area contributed by atoms with Gasteiger partial charge >= 0.3 is 5.97 Å². The Bertz CT molecular complexity index is 427. The van der Waals surface area contributed by atoms with Crippen LogP contribution < -0.4 is 4.74 Å². The minimum absolute atomic E-state index is 0.0168. The predicted molar refractivity (Wildman–Crippen MR) is 49.8 cm³/mol. The van der Waals surface area contributed by atoms with Crippen LogP contribution in [-0.4, -0.2) is 17.2 Å². The van der Waals surface area contributed by atoms with Gasteiger partial charge in [-0.05, 0) is 6.07 Å². The Morgan fingerprint density at radius 3 is 2.67 bits per heavy atom. The second-order valence-electron chi connectivity index (χ2n) is 2.69. The Morgan fingerprint density at radius 2 is 2.20 bits per heavy atom. The van der Waals surface area contributed by atoms with E-state index in [4.69, 9.17) is 0 Å². The number of nitro groups is 1. The van der Waals surface area contributed by atoms with Gasteiger partial charge < -0.3 is 4.74 Å². The van der Waals surface area contributed by atoms with E-state index >= 15 is 0 Å². The lowest BCUT2D eigenvalue weighted by molar-refractivity contribution is -0.384. The van der Waals surface area contributed by atoms with Crippen LogP contribution in [0.25, 0.3) is 0 Å². The molecule has 15 heavy (non-hydrogen) atoms. The van der Waals surface area contributed by atoms with Crippen molar-refractivity contribution in [2.75, 3.05) is 0 Å². The van der Waals surface area contributed by atoms with Crippen molar-refractivity contribution in [2.24, 2.45) is 0 Å². The molecular weight excluding hydrogens is 202 g/mol. The maximum absolute atomic E-state index is 10.6. The van der Waals surface area contributed by atoms with Gasteiger partial charge in [0.25, 0.3) is 5.69 Å². The summed E-state index contributed by atoms with van der Waals surface area (Å²) in [5.41, 5.74) is -0.257. The predicted octanol–water partition coefficient (Wildman–Crippen LogP) is 1.33. The van der Waals surface area contributed by atoms with Crippen molar-refractivity contribution in [3.63, 3.8) is 0 Å². The average Bonchev–Trinajstić information content (AvgIpc) is 2.17. The van der Waals surface area contributed by atoms with Crippen molar-refractivity contribution in [2.45, 2.75) is 6.92 Å². The highest BCUT2D eigenvalue weighted by Gasteiger charge is 2.12. The molecule has 0 atom stereocenters. The molecule has 0 radical (unpaired) electrons. The summed E-state index contributed by atoms with van der Waals surface area (Å²) >= 11 is 0. The van der Waals surface area contributed by atoms with Crippen LogP contribution in [0, 0.1) is 10.1 Å². The van der Waals surface area contributed by atoms with Crippen molar-refractivity contribution in [3.05, 3.63) is 33.9 Å². The van der Waals surface area contributed by atoms with Gasteiger partial charge in [0.15, 0.2) is 6.29 Å². The molecule has 0 aliphatic rings. The monoisotopic (exact) mass is 209 g/mol. The fourth-order valence-corrected chi connectivity index (χ4v) is 0.989. The number of aldehydes is 1. The summed E-state index contributed by atoms with van der Waals surface area (Å²) in [5.74, 6) is -0.574. The largest absolute Gasteiger partial charge is 0.426 e. The van der Waals surface area contributed by atoms with E-state index in [1.165, 1.54) is 13.0 Å². The number of hydrogen-bond acceptors (Lipinski definition) is 5. The van der Waals surface area contributed by atoms with Crippen molar-refractivity contribution < 1.29 is 19.2 Å². The number of esters is 1. The van der Waals surface area contributed by atoms with Crippen LogP contribution in [-0.2, 0) is 4.79 Å². The molecule has 1 aromatic rings. The average molecular weight is 209 g/mol. The lowest BCUT2D eigenvalue weighted by atomic mass is 10.2. The molecule has 0 amide bonds. The van der Waals surface area contributed by atoms with Gasteiger partial charge in [-0.2, -0.15) is 0 Å². The van der Waals surface area contributed by atoms with E-state index in [1.54, 1.807) is 0 Å². The number of rotatable bonds is 3. The first kappa shape index (κ1) is 10.8. The standard InChI is InChI=1S/C9H7NO5/c1-6(12)15-9-3-2-8(10(13)14)4-7(9)5-11/h2-5H,1H3. The number of ether oxygens (including phenoxy) is 1. The van der Waals surface area contributed by atoms with Crippen molar-refractivity contribution in [1.82, 2.24) is 0 Å². The third-order valence-electron chi connectivity index (χ3n) is 1.58. The number of nitrogens with zero attached hydrogens (tertiary/aromatic N) is 1. The van der Waals surface area contributed by atoms with Crippen LogP contribution >= 0.6 is 0 Å². The fraction of sp³-hybridized carbons (Fsp3) is 0.111. The first-order valence-corrected chi connectivity index (χ1v) is 3.96. The lowest BCUT2D eigenvalue weighted by Gasteiger charge is -2.03. The van der Waals surface area contributed by atoms with Gasteiger partial charge in [-0.1, -0.05) is 0 Å². The van der Waals surface area contributed by atoms with Gasteiger partial charge in [0.2, 0.25) is 0 Å². The molecule has 0 aromatic heterocycles. The van der Waals surface area contributed by atoms with E-state index in [-0.39, 0.29) is 17.0 Å². The molecule has 0 aliphatic heterocycles. The summed E-state index contributed by atoms with van der Waals surface area (Å²) in [5, 5.41) is 10.4. The molecule has 0 heterocycles. The Hall–Kier alpha value is -2.24. The summed E-state index contributed by atoms with van der Waals surface area (Å²) < 4.78 is 4.68. The molecule has 1 aromatic carbocycles. The highest BCUT2D eigenvalue weighted by Crippen LogP contribution is 2.22. The summed E-state index contributed by atoms with van der Waals surface area (Å²) in [6, 6.07) is 3.42. The third-order valence-corrected chi connectivity index (χ3v) is 1.58. The van der Waals surface area contributed by atoms with Crippen LogP contribution in [0.15, 0.2) is 18.2 Å². The molecule has 0 spiro atoms. The SMILES string of the molecule is CC(=O)Oc1ccc([N+](=O)[O-])cc1C=O. The molecule has 0 N–H and O–H groups in total. The Kier molecular flexibility index (Phi) is 3.12. The number of hydrogen-bond donors (Lipinski definition) is 0. The van der Waals surface area contributed by atoms with E-state index < -0.39 is 10.9 Å². The topological polar surface area (TPSA) is 86.5 Å². The lowest BCUT2D eigenvalue weighted by Crippen LogP contribution is -2.04. The Morgan fingerprint density at radius 1 is 1.53 bits per heavy atom. The molecule has 1 rings (SSSR count). The van der Waals surface area contributed by atoms with Gasteiger partial charge in [-0.25, -0.2) is 0 Å². The van der Waals surface area contributed by atoms with Gasteiger partial charge in [-0.3, -0.25) is 19.7 Å². The van der Waals surface area contributed by atoms with Crippen LogP contribution in [0.3, 0.4) is 0 Å². The van der Waals surface area contributed by atoms with Crippen LogP contribution in [0.5, 0.6) is 5.75 Å². The molecule has 0 fully saturated rings. The Labute approximate surface area is 84.6 Å². The van der Waals surface area contributed by atoms with Crippen LogP contribution in [0.2, 0.25) is 0 Å². The van der Waals surface area contributed by atoms with Crippen LogP contribution in [0.4, 0.5) is 5.69 Å². The summed E-state index contributed by atoms with van der Waals surface area (Å²) in [4.78, 5) is 30.9. The number of carbonyl (C=O) groups is 2. The van der Waals surface area contributed by atoms with E-state index in [9.17, 15) is 19.7 Å². The molecular formula is C9H7NO5. The fourth-order valence-electron chi connectivity index (χ4n) is 0.989. The molecule has 6 heteroatoms. The second kappa shape index (κ2) is 4.32. The first-order valence-electron chi connectivity index (χ1n) is 3.96. The first-order chi connectivity index (χ1) is 7.04. The highest BCUT2D eigenvalue weighted by atomic mass is 16.6. The summed E-state index contributed by atoms with van der Waals surface area (Å²) in [6.45, 7) is 1.18. The molecule has 78 valence electrons. The normalized spacial score (nSPS) is 9.40. The number of benzene rings is 1. The smallest absolute Gasteiger partial charge is 0.308 e. The minimum atomic E-state index is -0.634. The molecule has 0 bridgehead atoms. The molecule has 6 nitrogen and oxygen atoms in total. The summed E-state index contributed by atoms with van der Waals surface area (Å²) in [6.07, 6.45) is 0.394. The Balaban J connectivity index is 3.14. The number of carbonyl (C=O) groups excluding carboxylic acids is 2. The van der Waals surface area contributed by atoms with Crippen molar-refractivity contribution in [3.8, 4) is 5.75 Å². The van der Waals surface area contributed by atoms with Gasteiger partial charge in [-0.15, -0.1) is 0 Å². The molecule has 0 saturated carbocycles. The van der Waals surface area contributed by atoms with E-state index in [1.807, 2.05) is 0 Å².